The lowest BCUT2D eigenvalue weighted by atomic mass is 10.2. The molecular formula is C10H15N3O3. The first kappa shape index (κ1) is 12.4. The van der Waals surface area contributed by atoms with E-state index >= 15 is 0 Å². The van der Waals surface area contributed by atoms with Crippen LogP contribution >= 0.6 is 0 Å². The maximum atomic E-state index is 11.2. The fourth-order valence-corrected chi connectivity index (χ4v) is 1.23. The molecule has 88 valence electrons. The molecule has 1 aliphatic rings. The Morgan fingerprint density at radius 2 is 1.88 bits per heavy atom. The highest BCUT2D eigenvalue weighted by Crippen LogP contribution is 1.99. The molecule has 1 rings (SSSR count). The highest BCUT2D eigenvalue weighted by molar-refractivity contribution is 6.12. The van der Waals surface area contributed by atoms with E-state index in [2.05, 4.69) is 11.0 Å². The van der Waals surface area contributed by atoms with E-state index in [-0.39, 0.29) is 5.91 Å². The topological polar surface area (TPSA) is 78.5 Å². The molecule has 6 nitrogen and oxygen atoms in total. The Hall–Kier alpha value is -1.69. The summed E-state index contributed by atoms with van der Waals surface area (Å²) in [6.45, 7) is 2.05. The predicted molar refractivity (Wildman–Crippen MR) is 56.4 cm³/mol. The molecule has 0 atom stereocenters. The van der Waals surface area contributed by atoms with Gasteiger partial charge in [0.15, 0.2) is 0 Å². The number of nitrogens with zero attached hydrogens (tertiary/aromatic N) is 1. The predicted octanol–water partition coefficient (Wildman–Crippen LogP) is 0.0275. The number of hydrogen-bond donors (Lipinski definition) is 2. The number of nitrogens with one attached hydrogen (secondary N) is 2. The maximum absolute atomic E-state index is 11.2. The molecule has 2 N–H and O–H groups in total. The summed E-state index contributed by atoms with van der Waals surface area (Å²) in [7, 11) is 0. The molecule has 16 heavy (non-hydrogen) atoms. The van der Waals surface area contributed by atoms with Gasteiger partial charge in [-0.3, -0.25) is 19.8 Å². The Bertz CT molecular complexity index is 307. The van der Waals surface area contributed by atoms with Crippen molar-refractivity contribution in [1.82, 2.24) is 16.0 Å². The first-order chi connectivity index (χ1) is 7.65. The van der Waals surface area contributed by atoms with E-state index in [1.165, 1.54) is 0 Å². The number of amides is 3. The Labute approximate surface area is 93.6 Å². The number of carbonyl (C=O) groups is 3. The molecule has 0 unspecified atom stereocenters. The van der Waals surface area contributed by atoms with E-state index in [0.29, 0.717) is 6.42 Å². The lowest BCUT2D eigenvalue weighted by Crippen LogP contribution is -2.52. The van der Waals surface area contributed by atoms with Gasteiger partial charge in [0.1, 0.15) is 0 Å². The zero-order chi connectivity index (χ0) is 12.0. The van der Waals surface area contributed by atoms with Crippen molar-refractivity contribution in [3.63, 3.8) is 0 Å². The summed E-state index contributed by atoms with van der Waals surface area (Å²) in [5.74, 6) is -1.21. The van der Waals surface area contributed by atoms with Gasteiger partial charge >= 0.3 is 0 Å². The van der Waals surface area contributed by atoms with E-state index in [4.69, 9.17) is 0 Å². The molecule has 0 aromatic rings. The molecule has 0 saturated carbocycles. The average molecular weight is 225 g/mol. The third kappa shape index (κ3) is 3.47. The Balaban J connectivity index is 2.22. The van der Waals surface area contributed by atoms with Gasteiger partial charge < -0.3 is 0 Å². The van der Waals surface area contributed by atoms with Gasteiger partial charge in [-0.1, -0.05) is 19.8 Å². The molecule has 0 saturated heterocycles. The van der Waals surface area contributed by atoms with E-state index in [1.54, 1.807) is 0 Å². The molecule has 1 heterocycles. The van der Waals surface area contributed by atoms with Crippen molar-refractivity contribution < 1.29 is 14.4 Å². The van der Waals surface area contributed by atoms with Crippen LogP contribution in [0.4, 0.5) is 0 Å². The second kappa shape index (κ2) is 6.02. The summed E-state index contributed by atoms with van der Waals surface area (Å²) >= 11 is 0. The number of imide groups is 1. The van der Waals surface area contributed by atoms with Gasteiger partial charge in [-0.25, -0.2) is 0 Å². The highest BCUT2D eigenvalue weighted by atomic mass is 16.2. The van der Waals surface area contributed by atoms with Gasteiger partial charge in [-0.05, 0) is 6.42 Å². The molecule has 0 radical (unpaired) electrons. The number of hydrogen-bond acceptors (Lipinski definition) is 4. The van der Waals surface area contributed by atoms with Crippen LogP contribution in [0.15, 0.2) is 12.2 Å². The van der Waals surface area contributed by atoms with Crippen LogP contribution in [0, 0.1) is 0 Å². The molecule has 3 amide bonds. The van der Waals surface area contributed by atoms with Crippen LogP contribution in [-0.2, 0) is 14.4 Å². The van der Waals surface area contributed by atoms with Crippen molar-refractivity contribution in [3.8, 4) is 0 Å². The standard InChI is InChI=1S/C10H15N3O3/c1-2-3-4-5-8(14)11-12-13-9(15)6-7-10(13)16/h6-7,12H,2-5H2,1H3,(H,11,14). The van der Waals surface area contributed by atoms with E-state index in [1.807, 2.05) is 6.92 Å². The molecule has 0 aliphatic carbocycles. The van der Waals surface area contributed by atoms with Gasteiger partial charge in [0.2, 0.25) is 5.91 Å². The Morgan fingerprint density at radius 3 is 2.44 bits per heavy atom. The third-order valence-electron chi connectivity index (χ3n) is 2.12. The first-order valence-electron chi connectivity index (χ1n) is 5.25. The smallest absolute Gasteiger partial charge is 0.269 e. The zero-order valence-electron chi connectivity index (χ0n) is 9.16. The number of hydrazine groups is 2. The normalized spacial score (nSPS) is 14.7. The SMILES string of the molecule is CCCCCC(=O)NNN1C(=O)C=CC1=O. The monoisotopic (exact) mass is 225 g/mol. The number of carbonyl (C=O) groups excluding carboxylic acids is 3. The van der Waals surface area contributed by atoms with Crippen LogP contribution in [0.1, 0.15) is 32.6 Å². The van der Waals surface area contributed by atoms with Crippen molar-refractivity contribution >= 4 is 17.7 Å². The molecule has 0 fully saturated rings. The van der Waals surface area contributed by atoms with Crippen molar-refractivity contribution in [1.29, 1.82) is 0 Å². The molecule has 0 spiro atoms. The minimum atomic E-state index is -0.487. The lowest BCUT2D eigenvalue weighted by molar-refractivity contribution is -0.142. The fraction of sp³-hybridized carbons (Fsp3) is 0.500. The van der Waals surface area contributed by atoms with Crippen LogP contribution in [0.5, 0.6) is 0 Å². The average Bonchev–Trinajstić information content (AvgIpc) is 2.57. The van der Waals surface area contributed by atoms with E-state index in [0.717, 1.165) is 36.4 Å². The van der Waals surface area contributed by atoms with Gasteiger partial charge in [0.05, 0.1) is 0 Å². The Kier molecular flexibility index (Phi) is 4.65. The van der Waals surface area contributed by atoms with Crippen molar-refractivity contribution in [2.45, 2.75) is 32.6 Å². The van der Waals surface area contributed by atoms with Gasteiger partial charge in [-0.15, -0.1) is 5.53 Å². The number of unbranched alkanes of at least 4 members (excludes halogenated alkanes) is 2. The fourth-order valence-electron chi connectivity index (χ4n) is 1.23. The minimum Gasteiger partial charge on any atom is -0.274 e. The molecule has 0 aromatic carbocycles. The summed E-state index contributed by atoms with van der Waals surface area (Å²) in [6.07, 6.45) is 5.47. The van der Waals surface area contributed by atoms with Crippen molar-refractivity contribution in [2.24, 2.45) is 0 Å². The molecule has 0 bridgehead atoms. The second-order valence-electron chi connectivity index (χ2n) is 3.46. The van der Waals surface area contributed by atoms with Crippen LogP contribution in [0.2, 0.25) is 0 Å². The summed E-state index contributed by atoms with van der Waals surface area (Å²) in [4.78, 5) is 33.4. The molecular weight excluding hydrogens is 210 g/mol. The third-order valence-corrected chi connectivity index (χ3v) is 2.12. The lowest BCUT2D eigenvalue weighted by Gasteiger charge is -2.15. The largest absolute Gasteiger partial charge is 0.274 e. The second-order valence-corrected chi connectivity index (χ2v) is 3.46. The highest BCUT2D eigenvalue weighted by Gasteiger charge is 2.23. The van der Waals surface area contributed by atoms with Gasteiger partial charge in [0, 0.05) is 18.6 Å². The van der Waals surface area contributed by atoms with Gasteiger partial charge in [-0.2, -0.15) is 5.01 Å². The summed E-state index contributed by atoms with van der Waals surface area (Å²) in [5.41, 5.74) is 4.58. The summed E-state index contributed by atoms with van der Waals surface area (Å²) in [5, 5.41) is 0.748. The number of rotatable bonds is 6. The zero-order valence-corrected chi connectivity index (χ0v) is 9.16. The minimum absolute atomic E-state index is 0.235. The molecule has 1 aliphatic heterocycles. The molecule has 0 aromatic heterocycles. The van der Waals surface area contributed by atoms with Crippen LogP contribution in [0.25, 0.3) is 0 Å². The first-order valence-corrected chi connectivity index (χ1v) is 5.25. The quantitative estimate of drug-likeness (QED) is 0.379. The van der Waals surface area contributed by atoms with Crippen molar-refractivity contribution in [2.75, 3.05) is 0 Å². The van der Waals surface area contributed by atoms with Crippen molar-refractivity contribution in [3.05, 3.63) is 12.2 Å². The van der Waals surface area contributed by atoms with Crippen LogP contribution in [-0.4, -0.2) is 22.7 Å². The molecule has 6 heteroatoms. The summed E-state index contributed by atoms with van der Waals surface area (Å²) in [6, 6.07) is 0. The maximum Gasteiger partial charge on any atom is 0.269 e. The van der Waals surface area contributed by atoms with E-state index in [9.17, 15) is 14.4 Å². The summed E-state index contributed by atoms with van der Waals surface area (Å²) < 4.78 is 0. The van der Waals surface area contributed by atoms with Gasteiger partial charge in [0.25, 0.3) is 11.8 Å². The van der Waals surface area contributed by atoms with Crippen LogP contribution in [0.3, 0.4) is 0 Å². The van der Waals surface area contributed by atoms with E-state index < -0.39 is 11.8 Å². The Morgan fingerprint density at radius 1 is 1.25 bits per heavy atom. The van der Waals surface area contributed by atoms with Crippen LogP contribution < -0.4 is 11.0 Å².